The molecule has 0 fully saturated rings. The van der Waals surface area contributed by atoms with Crippen molar-refractivity contribution in [3.8, 4) is 11.1 Å². The number of hydrogen-bond acceptors (Lipinski definition) is 3. The number of hydrazone groups is 1. The lowest BCUT2D eigenvalue weighted by atomic mass is 10.0. The number of nitrogens with zero attached hydrogens (tertiary/aromatic N) is 1. The molecular formula is C22H18F3N3O. The van der Waals surface area contributed by atoms with Gasteiger partial charge in [0.1, 0.15) is 0 Å². The van der Waals surface area contributed by atoms with Crippen LogP contribution in [0, 0.1) is 0 Å². The molecule has 148 valence electrons. The molecule has 3 aromatic rings. The fourth-order valence-electron chi connectivity index (χ4n) is 2.60. The van der Waals surface area contributed by atoms with E-state index in [0.29, 0.717) is 0 Å². The number of benzene rings is 3. The number of alkyl halides is 3. The van der Waals surface area contributed by atoms with Crippen LogP contribution in [-0.2, 0) is 11.0 Å². The molecule has 0 heterocycles. The van der Waals surface area contributed by atoms with Gasteiger partial charge in [-0.05, 0) is 34.9 Å². The average molecular weight is 397 g/mol. The molecule has 29 heavy (non-hydrogen) atoms. The molecule has 0 aromatic heterocycles. The van der Waals surface area contributed by atoms with E-state index in [1.807, 2.05) is 54.6 Å². The maximum Gasteiger partial charge on any atom is 0.416 e. The van der Waals surface area contributed by atoms with Gasteiger partial charge in [-0.25, -0.2) is 5.43 Å². The number of anilines is 1. The summed E-state index contributed by atoms with van der Waals surface area (Å²) in [6.45, 7) is -0.203. The molecule has 0 saturated carbocycles. The molecule has 0 aliphatic rings. The van der Waals surface area contributed by atoms with E-state index in [0.717, 1.165) is 28.8 Å². The van der Waals surface area contributed by atoms with Crippen molar-refractivity contribution in [2.24, 2.45) is 5.10 Å². The predicted octanol–water partition coefficient (Wildman–Crippen LogP) is 4.93. The Bertz CT molecular complexity index is 984. The zero-order chi connectivity index (χ0) is 20.7. The van der Waals surface area contributed by atoms with Gasteiger partial charge in [0.15, 0.2) is 0 Å². The van der Waals surface area contributed by atoms with Gasteiger partial charge in [-0.2, -0.15) is 18.3 Å². The van der Waals surface area contributed by atoms with E-state index in [4.69, 9.17) is 0 Å². The summed E-state index contributed by atoms with van der Waals surface area (Å²) in [5.41, 5.74) is 4.73. The van der Waals surface area contributed by atoms with E-state index in [9.17, 15) is 18.0 Å². The summed E-state index contributed by atoms with van der Waals surface area (Å²) in [5.74, 6) is -0.473. The van der Waals surface area contributed by atoms with Crippen molar-refractivity contribution in [3.63, 3.8) is 0 Å². The SMILES string of the molecule is O=C(CNc1cccc(C(F)(F)F)c1)N/N=C/c1ccc(-c2ccccc2)cc1. The third kappa shape index (κ3) is 5.93. The highest BCUT2D eigenvalue weighted by molar-refractivity contribution is 5.84. The van der Waals surface area contributed by atoms with Crippen LogP contribution in [0.3, 0.4) is 0 Å². The maximum absolute atomic E-state index is 12.7. The number of halogens is 3. The van der Waals surface area contributed by atoms with Crippen LogP contribution in [-0.4, -0.2) is 18.7 Å². The number of hydrogen-bond donors (Lipinski definition) is 2. The van der Waals surface area contributed by atoms with Crippen molar-refractivity contribution in [1.82, 2.24) is 5.43 Å². The lowest BCUT2D eigenvalue weighted by Crippen LogP contribution is -2.26. The van der Waals surface area contributed by atoms with Crippen molar-refractivity contribution in [2.75, 3.05) is 11.9 Å². The van der Waals surface area contributed by atoms with Crippen LogP contribution in [0.4, 0.5) is 18.9 Å². The quantitative estimate of drug-likeness (QED) is 0.458. The largest absolute Gasteiger partial charge is 0.416 e. The first-order valence-corrected chi connectivity index (χ1v) is 8.80. The van der Waals surface area contributed by atoms with Gasteiger partial charge < -0.3 is 5.32 Å². The molecule has 0 bridgehead atoms. The summed E-state index contributed by atoms with van der Waals surface area (Å²) >= 11 is 0. The smallest absolute Gasteiger partial charge is 0.376 e. The Morgan fingerprint density at radius 3 is 2.28 bits per heavy atom. The van der Waals surface area contributed by atoms with Crippen LogP contribution in [0.1, 0.15) is 11.1 Å². The monoisotopic (exact) mass is 397 g/mol. The Morgan fingerprint density at radius 1 is 0.897 bits per heavy atom. The van der Waals surface area contributed by atoms with E-state index in [1.54, 1.807) is 0 Å². The van der Waals surface area contributed by atoms with Crippen molar-refractivity contribution < 1.29 is 18.0 Å². The molecule has 0 saturated heterocycles. The number of rotatable bonds is 6. The lowest BCUT2D eigenvalue weighted by Gasteiger charge is -2.10. The van der Waals surface area contributed by atoms with E-state index >= 15 is 0 Å². The number of carbonyl (C=O) groups is 1. The highest BCUT2D eigenvalue weighted by atomic mass is 19.4. The Hall–Kier alpha value is -3.61. The van der Waals surface area contributed by atoms with Crippen molar-refractivity contribution in [3.05, 3.63) is 90.0 Å². The normalized spacial score (nSPS) is 11.4. The molecule has 2 N–H and O–H groups in total. The van der Waals surface area contributed by atoms with Crippen molar-refractivity contribution in [1.29, 1.82) is 0 Å². The summed E-state index contributed by atoms with van der Waals surface area (Å²) in [4.78, 5) is 11.8. The van der Waals surface area contributed by atoms with Gasteiger partial charge >= 0.3 is 6.18 Å². The molecule has 0 radical (unpaired) electrons. The summed E-state index contributed by atoms with van der Waals surface area (Å²) in [6, 6.07) is 22.2. The van der Waals surface area contributed by atoms with Gasteiger partial charge in [0.05, 0.1) is 18.3 Å². The van der Waals surface area contributed by atoms with E-state index in [1.165, 1.54) is 18.3 Å². The molecule has 0 spiro atoms. The van der Waals surface area contributed by atoms with E-state index in [-0.39, 0.29) is 12.2 Å². The van der Waals surface area contributed by atoms with Crippen molar-refractivity contribution in [2.45, 2.75) is 6.18 Å². The van der Waals surface area contributed by atoms with Gasteiger partial charge in [0.25, 0.3) is 5.91 Å². The molecule has 0 unspecified atom stereocenters. The molecule has 3 aromatic carbocycles. The third-order valence-electron chi connectivity index (χ3n) is 4.06. The van der Waals surface area contributed by atoms with Gasteiger partial charge in [-0.3, -0.25) is 4.79 Å². The first-order chi connectivity index (χ1) is 13.9. The van der Waals surface area contributed by atoms with Gasteiger partial charge in [0.2, 0.25) is 0 Å². The van der Waals surface area contributed by atoms with Crippen LogP contribution < -0.4 is 10.7 Å². The van der Waals surface area contributed by atoms with Crippen LogP contribution >= 0.6 is 0 Å². The Kier molecular flexibility index (Phi) is 6.29. The second kappa shape index (κ2) is 9.05. The number of nitrogens with one attached hydrogen (secondary N) is 2. The lowest BCUT2D eigenvalue weighted by molar-refractivity contribution is -0.137. The molecule has 3 rings (SSSR count). The Labute approximate surface area is 166 Å². The summed E-state index contributed by atoms with van der Waals surface area (Å²) in [6.07, 6.45) is -2.93. The molecule has 1 amide bonds. The van der Waals surface area contributed by atoms with Crippen LogP contribution in [0.5, 0.6) is 0 Å². The predicted molar refractivity (Wildman–Crippen MR) is 108 cm³/mol. The maximum atomic E-state index is 12.7. The van der Waals surface area contributed by atoms with Crippen LogP contribution in [0.15, 0.2) is 84.0 Å². The molecule has 7 heteroatoms. The fraction of sp³-hybridized carbons (Fsp3) is 0.0909. The van der Waals surface area contributed by atoms with Crippen molar-refractivity contribution >= 4 is 17.8 Å². The van der Waals surface area contributed by atoms with Gasteiger partial charge in [-0.15, -0.1) is 0 Å². The number of amides is 1. The first kappa shape index (κ1) is 20.1. The zero-order valence-corrected chi connectivity index (χ0v) is 15.3. The second-order valence-corrected chi connectivity index (χ2v) is 6.21. The van der Waals surface area contributed by atoms with Crippen LogP contribution in [0.25, 0.3) is 11.1 Å². The molecule has 0 aliphatic carbocycles. The highest BCUT2D eigenvalue weighted by Gasteiger charge is 2.30. The van der Waals surface area contributed by atoms with E-state index in [2.05, 4.69) is 15.8 Å². The minimum absolute atomic E-state index is 0.203. The number of carbonyl (C=O) groups excluding carboxylic acids is 1. The van der Waals surface area contributed by atoms with Gasteiger partial charge in [-0.1, -0.05) is 60.7 Å². The molecule has 4 nitrogen and oxygen atoms in total. The minimum Gasteiger partial charge on any atom is -0.376 e. The molecule has 0 aliphatic heterocycles. The standard InChI is InChI=1S/C22H18F3N3O/c23-22(24,25)19-7-4-8-20(13-19)26-15-21(29)28-27-14-16-9-11-18(12-10-16)17-5-2-1-3-6-17/h1-14,26H,15H2,(H,28,29)/b27-14+. The van der Waals surface area contributed by atoms with E-state index < -0.39 is 17.6 Å². The second-order valence-electron chi connectivity index (χ2n) is 6.21. The Morgan fingerprint density at radius 2 is 1.59 bits per heavy atom. The zero-order valence-electron chi connectivity index (χ0n) is 15.3. The molecule has 0 atom stereocenters. The topological polar surface area (TPSA) is 53.5 Å². The molecular weight excluding hydrogens is 379 g/mol. The van der Waals surface area contributed by atoms with Crippen LogP contribution in [0.2, 0.25) is 0 Å². The highest BCUT2D eigenvalue weighted by Crippen LogP contribution is 2.30. The summed E-state index contributed by atoms with van der Waals surface area (Å²) in [5, 5.41) is 6.51. The van der Waals surface area contributed by atoms with Gasteiger partial charge in [0, 0.05) is 5.69 Å². The first-order valence-electron chi connectivity index (χ1n) is 8.80. The third-order valence-corrected chi connectivity index (χ3v) is 4.06. The fourth-order valence-corrected chi connectivity index (χ4v) is 2.60. The average Bonchev–Trinajstić information content (AvgIpc) is 2.73. The Balaban J connectivity index is 1.50. The minimum atomic E-state index is -4.43. The summed E-state index contributed by atoms with van der Waals surface area (Å²) < 4.78 is 38.1. The summed E-state index contributed by atoms with van der Waals surface area (Å²) in [7, 11) is 0.